The molecule has 140 valence electrons. The summed E-state index contributed by atoms with van der Waals surface area (Å²) in [5.41, 5.74) is 1.66. The molecular formula is C20H24Cl2N2O2. The molecule has 2 aromatic carbocycles. The van der Waals surface area contributed by atoms with Crippen LogP contribution in [0.4, 0.5) is 0 Å². The lowest BCUT2D eigenvalue weighted by atomic mass is 10.1. The van der Waals surface area contributed by atoms with Gasteiger partial charge in [0.1, 0.15) is 12.4 Å². The Labute approximate surface area is 165 Å². The fraction of sp³-hybridized carbons (Fsp3) is 0.350. The summed E-state index contributed by atoms with van der Waals surface area (Å²) >= 11 is 5.88. The second kappa shape index (κ2) is 10.4. The summed E-state index contributed by atoms with van der Waals surface area (Å²) in [5, 5.41) is 7.04. The van der Waals surface area contributed by atoms with E-state index in [-0.39, 0.29) is 18.3 Å². The predicted molar refractivity (Wildman–Crippen MR) is 107 cm³/mol. The van der Waals surface area contributed by atoms with Crippen LogP contribution in [0.5, 0.6) is 5.75 Å². The average molecular weight is 395 g/mol. The van der Waals surface area contributed by atoms with Crippen molar-refractivity contribution in [3.63, 3.8) is 0 Å². The van der Waals surface area contributed by atoms with E-state index in [9.17, 15) is 4.79 Å². The van der Waals surface area contributed by atoms with Gasteiger partial charge in [0.15, 0.2) is 0 Å². The fourth-order valence-electron chi connectivity index (χ4n) is 2.93. The van der Waals surface area contributed by atoms with E-state index >= 15 is 0 Å². The summed E-state index contributed by atoms with van der Waals surface area (Å²) in [5.74, 6) is 1.31. The molecule has 4 nitrogen and oxygen atoms in total. The summed E-state index contributed by atoms with van der Waals surface area (Å²) in [6.07, 6.45) is 2.22. The number of carbonyl (C=O) groups is 1. The van der Waals surface area contributed by atoms with E-state index in [0.29, 0.717) is 35.4 Å². The van der Waals surface area contributed by atoms with E-state index in [2.05, 4.69) is 10.6 Å². The molecule has 2 N–H and O–H groups in total. The molecule has 3 rings (SSSR count). The summed E-state index contributed by atoms with van der Waals surface area (Å²) in [6, 6.07) is 14.8. The van der Waals surface area contributed by atoms with Crippen molar-refractivity contribution in [2.75, 3.05) is 19.6 Å². The normalized spacial score (nSPS) is 16.0. The highest BCUT2D eigenvalue weighted by atomic mass is 35.5. The lowest BCUT2D eigenvalue weighted by Gasteiger charge is -2.11. The molecule has 0 aromatic heterocycles. The van der Waals surface area contributed by atoms with Gasteiger partial charge in [0.25, 0.3) is 5.91 Å². The van der Waals surface area contributed by atoms with Crippen LogP contribution < -0.4 is 15.4 Å². The fourth-order valence-corrected chi connectivity index (χ4v) is 3.05. The molecule has 0 bridgehead atoms. The monoisotopic (exact) mass is 394 g/mol. The number of rotatable bonds is 7. The minimum atomic E-state index is -0.0529. The quantitative estimate of drug-likeness (QED) is 0.743. The van der Waals surface area contributed by atoms with Gasteiger partial charge in [-0.1, -0.05) is 29.8 Å². The van der Waals surface area contributed by atoms with E-state index < -0.39 is 0 Å². The Morgan fingerprint density at radius 1 is 1.23 bits per heavy atom. The van der Waals surface area contributed by atoms with Crippen LogP contribution in [0.25, 0.3) is 0 Å². The maximum absolute atomic E-state index is 12.3. The number of hydrogen-bond acceptors (Lipinski definition) is 3. The molecule has 1 amide bonds. The van der Waals surface area contributed by atoms with Crippen molar-refractivity contribution < 1.29 is 9.53 Å². The zero-order valence-corrected chi connectivity index (χ0v) is 16.1. The van der Waals surface area contributed by atoms with Gasteiger partial charge in [-0.05, 0) is 67.7 Å². The average Bonchev–Trinajstić information content (AvgIpc) is 3.15. The van der Waals surface area contributed by atoms with Gasteiger partial charge in [-0.25, -0.2) is 0 Å². The molecule has 0 aliphatic carbocycles. The molecule has 1 aliphatic heterocycles. The van der Waals surface area contributed by atoms with Gasteiger partial charge in [0.05, 0.1) is 0 Å². The Morgan fingerprint density at radius 2 is 2.04 bits per heavy atom. The maximum Gasteiger partial charge on any atom is 0.251 e. The Hall–Kier alpha value is -1.75. The number of benzene rings is 2. The largest absolute Gasteiger partial charge is 0.489 e. The molecule has 1 unspecified atom stereocenters. The SMILES string of the molecule is Cl.O=C(NCCC1CCNC1)c1cccc(OCc2ccc(Cl)cc2)c1. The first kappa shape index (κ1) is 20.6. The second-order valence-electron chi connectivity index (χ2n) is 6.35. The summed E-state index contributed by atoms with van der Waals surface area (Å²) < 4.78 is 5.78. The molecule has 1 saturated heterocycles. The van der Waals surface area contributed by atoms with Crippen molar-refractivity contribution in [1.29, 1.82) is 0 Å². The summed E-state index contributed by atoms with van der Waals surface area (Å²) in [6.45, 7) is 3.30. The standard InChI is InChI=1S/C20H23ClN2O2.ClH/c21-18-6-4-16(5-7-18)14-25-19-3-1-2-17(12-19)20(24)23-11-9-15-8-10-22-13-15;/h1-7,12,15,22H,8-11,13-14H2,(H,23,24);1H. The second-order valence-corrected chi connectivity index (χ2v) is 6.78. The zero-order valence-electron chi connectivity index (χ0n) is 14.5. The Kier molecular flexibility index (Phi) is 8.23. The van der Waals surface area contributed by atoms with Crippen molar-refractivity contribution in [3.8, 4) is 5.75 Å². The third-order valence-corrected chi connectivity index (χ3v) is 4.67. The molecular weight excluding hydrogens is 371 g/mol. The van der Waals surface area contributed by atoms with E-state index in [1.165, 1.54) is 6.42 Å². The van der Waals surface area contributed by atoms with Gasteiger partial charge < -0.3 is 15.4 Å². The highest BCUT2D eigenvalue weighted by Crippen LogP contribution is 2.17. The molecule has 2 aromatic rings. The summed E-state index contributed by atoms with van der Waals surface area (Å²) in [7, 11) is 0. The van der Waals surface area contributed by atoms with Crippen molar-refractivity contribution in [3.05, 3.63) is 64.7 Å². The van der Waals surface area contributed by atoms with E-state index in [0.717, 1.165) is 25.1 Å². The number of ether oxygens (including phenoxy) is 1. The first-order valence-electron chi connectivity index (χ1n) is 8.67. The number of nitrogens with one attached hydrogen (secondary N) is 2. The molecule has 26 heavy (non-hydrogen) atoms. The first-order chi connectivity index (χ1) is 12.2. The van der Waals surface area contributed by atoms with Crippen LogP contribution >= 0.6 is 24.0 Å². The van der Waals surface area contributed by atoms with Gasteiger partial charge in [0.2, 0.25) is 0 Å². The Morgan fingerprint density at radius 3 is 2.77 bits per heavy atom. The molecule has 1 aliphatic rings. The third-order valence-electron chi connectivity index (χ3n) is 4.42. The van der Waals surface area contributed by atoms with Gasteiger partial charge >= 0.3 is 0 Å². The lowest BCUT2D eigenvalue weighted by Crippen LogP contribution is -2.26. The minimum Gasteiger partial charge on any atom is -0.489 e. The van der Waals surface area contributed by atoms with Gasteiger partial charge in [-0.2, -0.15) is 0 Å². The van der Waals surface area contributed by atoms with E-state index in [1.807, 2.05) is 42.5 Å². The van der Waals surface area contributed by atoms with Gasteiger partial charge in [-0.15, -0.1) is 12.4 Å². The third kappa shape index (κ3) is 6.20. The molecule has 1 heterocycles. The molecule has 0 radical (unpaired) electrons. The summed E-state index contributed by atoms with van der Waals surface area (Å²) in [4.78, 5) is 12.3. The Bertz CT molecular complexity index is 701. The highest BCUT2D eigenvalue weighted by Gasteiger charge is 2.14. The Balaban J connectivity index is 0.00000243. The topological polar surface area (TPSA) is 50.4 Å². The van der Waals surface area contributed by atoms with Crippen LogP contribution in [0.2, 0.25) is 5.02 Å². The minimum absolute atomic E-state index is 0. The van der Waals surface area contributed by atoms with Crippen molar-refractivity contribution >= 4 is 29.9 Å². The van der Waals surface area contributed by atoms with Gasteiger partial charge in [0, 0.05) is 17.1 Å². The van der Waals surface area contributed by atoms with Crippen LogP contribution in [0, 0.1) is 5.92 Å². The van der Waals surface area contributed by atoms with Crippen LogP contribution in [-0.4, -0.2) is 25.5 Å². The van der Waals surface area contributed by atoms with Crippen molar-refractivity contribution in [2.24, 2.45) is 5.92 Å². The van der Waals surface area contributed by atoms with Crippen LogP contribution in [0.15, 0.2) is 48.5 Å². The number of hydrogen-bond donors (Lipinski definition) is 2. The van der Waals surface area contributed by atoms with Crippen molar-refractivity contribution in [2.45, 2.75) is 19.4 Å². The highest BCUT2D eigenvalue weighted by molar-refractivity contribution is 6.30. The number of halogens is 2. The molecule has 6 heteroatoms. The van der Waals surface area contributed by atoms with Gasteiger partial charge in [-0.3, -0.25) is 4.79 Å². The van der Waals surface area contributed by atoms with E-state index in [4.69, 9.17) is 16.3 Å². The lowest BCUT2D eigenvalue weighted by molar-refractivity contribution is 0.0951. The zero-order chi connectivity index (χ0) is 17.5. The first-order valence-corrected chi connectivity index (χ1v) is 9.05. The predicted octanol–water partition coefficient (Wildman–Crippen LogP) is 4.07. The van der Waals surface area contributed by atoms with Crippen LogP contribution in [-0.2, 0) is 6.61 Å². The number of carbonyl (C=O) groups excluding carboxylic acids is 1. The number of amides is 1. The van der Waals surface area contributed by atoms with Crippen molar-refractivity contribution in [1.82, 2.24) is 10.6 Å². The smallest absolute Gasteiger partial charge is 0.251 e. The molecule has 1 atom stereocenters. The molecule has 0 spiro atoms. The van der Waals surface area contributed by atoms with Crippen LogP contribution in [0.3, 0.4) is 0 Å². The van der Waals surface area contributed by atoms with E-state index in [1.54, 1.807) is 6.07 Å². The van der Waals surface area contributed by atoms with Crippen LogP contribution in [0.1, 0.15) is 28.8 Å². The molecule has 1 fully saturated rings. The maximum atomic E-state index is 12.3. The molecule has 0 saturated carbocycles.